The van der Waals surface area contributed by atoms with Crippen molar-refractivity contribution in [3.8, 4) is 0 Å². The van der Waals surface area contributed by atoms with Crippen molar-refractivity contribution in [3.63, 3.8) is 0 Å². The molecule has 1 rings (SSSR count). The van der Waals surface area contributed by atoms with E-state index in [2.05, 4.69) is 4.90 Å². The van der Waals surface area contributed by atoms with E-state index in [-0.39, 0.29) is 6.67 Å². The second-order valence-electron chi connectivity index (χ2n) is 2.98. The Morgan fingerprint density at radius 2 is 2.27 bits per heavy atom. The number of halogens is 1. The SMILES string of the molecule is CCOCCN1CC(CF)C1. The van der Waals surface area contributed by atoms with Crippen molar-refractivity contribution in [2.24, 2.45) is 5.92 Å². The van der Waals surface area contributed by atoms with Crippen LogP contribution in [0.2, 0.25) is 0 Å². The molecular weight excluding hydrogens is 145 g/mol. The van der Waals surface area contributed by atoms with Crippen LogP contribution in [0.5, 0.6) is 0 Å². The lowest BCUT2D eigenvalue weighted by molar-refractivity contribution is 0.0422. The van der Waals surface area contributed by atoms with E-state index in [1.807, 2.05) is 6.92 Å². The second-order valence-corrected chi connectivity index (χ2v) is 2.98. The van der Waals surface area contributed by atoms with Crippen LogP contribution in [0.1, 0.15) is 6.92 Å². The number of alkyl halides is 1. The zero-order chi connectivity index (χ0) is 8.10. The normalized spacial score (nSPS) is 20.2. The zero-order valence-electron chi connectivity index (χ0n) is 7.05. The van der Waals surface area contributed by atoms with Crippen molar-refractivity contribution in [2.45, 2.75) is 6.92 Å². The van der Waals surface area contributed by atoms with E-state index in [0.717, 1.165) is 32.8 Å². The summed E-state index contributed by atoms with van der Waals surface area (Å²) in [6.45, 7) is 6.19. The standard InChI is InChI=1S/C8H16FNO/c1-2-11-4-3-10-6-8(5-9)7-10/h8H,2-7H2,1H3. The monoisotopic (exact) mass is 161 g/mol. The average Bonchev–Trinajstić information content (AvgIpc) is 1.94. The van der Waals surface area contributed by atoms with Crippen LogP contribution < -0.4 is 0 Å². The highest BCUT2D eigenvalue weighted by Gasteiger charge is 2.25. The van der Waals surface area contributed by atoms with Gasteiger partial charge in [-0.2, -0.15) is 0 Å². The van der Waals surface area contributed by atoms with E-state index in [4.69, 9.17) is 4.74 Å². The van der Waals surface area contributed by atoms with Gasteiger partial charge in [-0.1, -0.05) is 0 Å². The highest BCUT2D eigenvalue weighted by Crippen LogP contribution is 2.14. The third kappa shape index (κ3) is 2.75. The van der Waals surface area contributed by atoms with Crippen LogP contribution in [0, 0.1) is 5.92 Å². The summed E-state index contributed by atoms with van der Waals surface area (Å²) in [7, 11) is 0. The predicted octanol–water partition coefficient (Wildman–Crippen LogP) is 0.924. The Morgan fingerprint density at radius 1 is 1.55 bits per heavy atom. The molecule has 0 atom stereocenters. The average molecular weight is 161 g/mol. The summed E-state index contributed by atoms with van der Waals surface area (Å²) in [4.78, 5) is 2.22. The van der Waals surface area contributed by atoms with Crippen molar-refractivity contribution in [3.05, 3.63) is 0 Å². The number of rotatable bonds is 5. The van der Waals surface area contributed by atoms with E-state index in [9.17, 15) is 4.39 Å². The van der Waals surface area contributed by atoms with Gasteiger partial charge in [-0.15, -0.1) is 0 Å². The molecule has 1 heterocycles. The van der Waals surface area contributed by atoms with Crippen molar-refractivity contribution in [2.75, 3.05) is 39.5 Å². The summed E-state index contributed by atoms with van der Waals surface area (Å²) in [6.07, 6.45) is 0. The first kappa shape index (κ1) is 8.94. The molecule has 66 valence electrons. The van der Waals surface area contributed by atoms with E-state index in [0.29, 0.717) is 5.92 Å². The molecule has 1 aliphatic rings. The maximum absolute atomic E-state index is 11.9. The van der Waals surface area contributed by atoms with Crippen molar-refractivity contribution in [1.29, 1.82) is 0 Å². The van der Waals surface area contributed by atoms with Gasteiger partial charge in [-0.25, -0.2) is 0 Å². The van der Waals surface area contributed by atoms with E-state index in [1.165, 1.54) is 0 Å². The lowest BCUT2D eigenvalue weighted by atomic mass is 10.0. The van der Waals surface area contributed by atoms with Gasteiger partial charge in [0.1, 0.15) is 0 Å². The molecule has 0 amide bonds. The molecule has 0 aliphatic carbocycles. The minimum Gasteiger partial charge on any atom is -0.380 e. The Morgan fingerprint density at radius 3 is 2.82 bits per heavy atom. The smallest absolute Gasteiger partial charge is 0.0947 e. The Labute approximate surface area is 67.3 Å². The lowest BCUT2D eigenvalue weighted by Gasteiger charge is -2.37. The van der Waals surface area contributed by atoms with Gasteiger partial charge >= 0.3 is 0 Å². The Balaban J connectivity index is 1.88. The molecule has 0 spiro atoms. The molecule has 0 unspecified atom stereocenters. The van der Waals surface area contributed by atoms with Crippen molar-refractivity contribution >= 4 is 0 Å². The lowest BCUT2D eigenvalue weighted by Crippen LogP contribution is -2.48. The maximum Gasteiger partial charge on any atom is 0.0947 e. The number of hydrogen-bond acceptors (Lipinski definition) is 2. The fourth-order valence-corrected chi connectivity index (χ4v) is 1.29. The molecule has 0 bridgehead atoms. The van der Waals surface area contributed by atoms with E-state index in [1.54, 1.807) is 0 Å². The summed E-state index contributed by atoms with van der Waals surface area (Å²) in [5, 5.41) is 0. The molecule has 3 heteroatoms. The van der Waals surface area contributed by atoms with Gasteiger partial charge in [0.2, 0.25) is 0 Å². The Bertz CT molecular complexity index is 104. The summed E-state index contributed by atoms with van der Waals surface area (Å²) in [5.74, 6) is 0.302. The van der Waals surface area contributed by atoms with Gasteiger partial charge in [-0.3, -0.25) is 4.39 Å². The molecule has 0 aromatic heterocycles. The van der Waals surface area contributed by atoms with E-state index < -0.39 is 0 Å². The Kier molecular flexibility index (Phi) is 3.80. The van der Waals surface area contributed by atoms with Gasteiger partial charge in [-0.05, 0) is 6.92 Å². The van der Waals surface area contributed by atoms with Crippen LogP contribution in [0.3, 0.4) is 0 Å². The molecule has 0 aromatic rings. The van der Waals surface area contributed by atoms with Gasteiger partial charge in [0.25, 0.3) is 0 Å². The molecular formula is C8H16FNO. The predicted molar refractivity (Wildman–Crippen MR) is 42.4 cm³/mol. The zero-order valence-corrected chi connectivity index (χ0v) is 7.05. The first-order valence-electron chi connectivity index (χ1n) is 4.23. The third-order valence-electron chi connectivity index (χ3n) is 2.01. The molecule has 1 aliphatic heterocycles. The molecule has 2 nitrogen and oxygen atoms in total. The van der Waals surface area contributed by atoms with Gasteiger partial charge < -0.3 is 9.64 Å². The Hall–Kier alpha value is -0.150. The molecule has 0 N–H and O–H groups in total. The van der Waals surface area contributed by atoms with Crippen LogP contribution in [0.15, 0.2) is 0 Å². The minimum absolute atomic E-state index is 0.162. The van der Waals surface area contributed by atoms with Crippen LogP contribution in [0.4, 0.5) is 4.39 Å². The molecule has 0 saturated carbocycles. The van der Waals surface area contributed by atoms with Crippen LogP contribution in [-0.2, 0) is 4.74 Å². The van der Waals surface area contributed by atoms with Crippen LogP contribution in [-0.4, -0.2) is 44.4 Å². The van der Waals surface area contributed by atoms with Gasteiger partial charge in [0.15, 0.2) is 0 Å². The molecule has 1 saturated heterocycles. The number of nitrogens with zero attached hydrogens (tertiary/aromatic N) is 1. The number of likely N-dealkylation sites (tertiary alicyclic amines) is 1. The van der Waals surface area contributed by atoms with Gasteiger partial charge in [0.05, 0.1) is 13.3 Å². The fraction of sp³-hybridized carbons (Fsp3) is 1.00. The summed E-state index contributed by atoms with van der Waals surface area (Å²) >= 11 is 0. The first-order valence-corrected chi connectivity index (χ1v) is 4.23. The number of ether oxygens (including phenoxy) is 1. The van der Waals surface area contributed by atoms with Crippen LogP contribution >= 0.6 is 0 Å². The van der Waals surface area contributed by atoms with Crippen molar-refractivity contribution < 1.29 is 9.13 Å². The van der Waals surface area contributed by atoms with Gasteiger partial charge in [0, 0.05) is 32.2 Å². The number of hydrogen-bond donors (Lipinski definition) is 0. The van der Waals surface area contributed by atoms with Crippen LogP contribution in [0.25, 0.3) is 0 Å². The first-order chi connectivity index (χ1) is 5.36. The van der Waals surface area contributed by atoms with E-state index >= 15 is 0 Å². The quantitative estimate of drug-likeness (QED) is 0.556. The topological polar surface area (TPSA) is 12.5 Å². The molecule has 1 fully saturated rings. The maximum atomic E-state index is 11.9. The van der Waals surface area contributed by atoms with Crippen molar-refractivity contribution in [1.82, 2.24) is 4.90 Å². The second kappa shape index (κ2) is 4.67. The minimum atomic E-state index is -0.162. The highest BCUT2D eigenvalue weighted by molar-refractivity contribution is 4.78. The summed E-state index contributed by atoms with van der Waals surface area (Å²) in [6, 6.07) is 0. The fourth-order valence-electron chi connectivity index (χ4n) is 1.29. The largest absolute Gasteiger partial charge is 0.380 e. The molecule has 0 aromatic carbocycles. The summed E-state index contributed by atoms with van der Waals surface area (Å²) < 4.78 is 17.1. The molecule has 11 heavy (non-hydrogen) atoms. The summed E-state index contributed by atoms with van der Waals surface area (Å²) in [5.41, 5.74) is 0. The highest BCUT2D eigenvalue weighted by atomic mass is 19.1. The third-order valence-corrected chi connectivity index (χ3v) is 2.01. The molecule has 0 radical (unpaired) electrons.